The molecule has 122 valence electrons. The van der Waals surface area contributed by atoms with Crippen LogP contribution in [0.2, 0.25) is 0 Å². The number of hydrogen-bond acceptors (Lipinski definition) is 5. The molecule has 2 aromatic rings. The Labute approximate surface area is 137 Å². The van der Waals surface area contributed by atoms with Crippen molar-refractivity contribution < 1.29 is 4.74 Å². The Hall–Kier alpha value is -2.30. The Morgan fingerprint density at radius 1 is 1.13 bits per heavy atom. The molecule has 3 rings (SSSR count). The van der Waals surface area contributed by atoms with Crippen LogP contribution >= 0.6 is 0 Å². The lowest BCUT2D eigenvalue weighted by atomic mass is 10.1. The Bertz CT molecular complexity index is 609. The lowest BCUT2D eigenvalue weighted by molar-refractivity contribution is 0.414. The van der Waals surface area contributed by atoms with E-state index in [4.69, 9.17) is 4.74 Å². The number of anilines is 2. The molecule has 0 unspecified atom stereocenters. The second-order valence-electron chi connectivity index (χ2n) is 5.83. The topological polar surface area (TPSA) is 50.3 Å². The van der Waals surface area contributed by atoms with Gasteiger partial charge in [0.25, 0.3) is 0 Å². The van der Waals surface area contributed by atoms with Crippen LogP contribution in [-0.2, 0) is 6.42 Å². The molecule has 0 bridgehead atoms. The van der Waals surface area contributed by atoms with Crippen LogP contribution in [0.15, 0.2) is 36.7 Å². The van der Waals surface area contributed by atoms with Crippen molar-refractivity contribution in [3.05, 3.63) is 42.2 Å². The molecule has 1 aromatic carbocycles. The van der Waals surface area contributed by atoms with Crippen LogP contribution in [0.4, 0.5) is 11.6 Å². The highest BCUT2D eigenvalue weighted by Crippen LogP contribution is 2.19. The lowest BCUT2D eigenvalue weighted by Gasteiger charge is -2.16. The number of methoxy groups -OCH3 is 1. The number of nitrogens with one attached hydrogen (secondary N) is 1. The van der Waals surface area contributed by atoms with E-state index < -0.39 is 0 Å². The first-order valence-corrected chi connectivity index (χ1v) is 8.29. The molecule has 1 aromatic heterocycles. The molecule has 0 radical (unpaired) electrons. The van der Waals surface area contributed by atoms with Crippen molar-refractivity contribution in [3.63, 3.8) is 0 Å². The summed E-state index contributed by atoms with van der Waals surface area (Å²) in [5.41, 5.74) is 1.33. The van der Waals surface area contributed by atoms with Crippen LogP contribution in [0.5, 0.6) is 5.75 Å². The van der Waals surface area contributed by atoms with E-state index in [1.165, 1.54) is 18.4 Å². The van der Waals surface area contributed by atoms with Gasteiger partial charge in [0.15, 0.2) is 0 Å². The predicted octanol–water partition coefficient (Wildman–Crippen LogP) is 3.13. The Morgan fingerprint density at radius 2 is 1.91 bits per heavy atom. The van der Waals surface area contributed by atoms with Gasteiger partial charge in [0.1, 0.15) is 23.7 Å². The Balaban J connectivity index is 1.45. The zero-order valence-electron chi connectivity index (χ0n) is 13.7. The monoisotopic (exact) mass is 312 g/mol. The highest BCUT2D eigenvalue weighted by Gasteiger charge is 2.13. The summed E-state index contributed by atoms with van der Waals surface area (Å²) in [6.45, 7) is 3.12. The summed E-state index contributed by atoms with van der Waals surface area (Å²) in [5, 5.41) is 3.40. The summed E-state index contributed by atoms with van der Waals surface area (Å²) in [7, 11) is 1.69. The summed E-state index contributed by atoms with van der Waals surface area (Å²) in [6.07, 6.45) is 6.28. The third-order valence-electron chi connectivity index (χ3n) is 4.19. The van der Waals surface area contributed by atoms with Crippen molar-refractivity contribution in [2.45, 2.75) is 25.7 Å². The standard InChI is InChI=1S/C18H24N4O/c1-23-16-8-6-15(7-9-16)5-4-10-19-17-13-18(21-14-20-17)22-11-2-3-12-22/h6-9,13-14H,2-5,10-12H2,1H3,(H,19,20,21). The molecule has 0 aliphatic carbocycles. The van der Waals surface area contributed by atoms with E-state index in [0.29, 0.717) is 0 Å². The number of aromatic nitrogens is 2. The third-order valence-corrected chi connectivity index (χ3v) is 4.19. The maximum atomic E-state index is 5.18. The fourth-order valence-corrected chi connectivity index (χ4v) is 2.86. The van der Waals surface area contributed by atoms with Crippen LogP contribution < -0.4 is 15.0 Å². The van der Waals surface area contributed by atoms with Gasteiger partial charge in [0, 0.05) is 25.7 Å². The number of hydrogen-bond donors (Lipinski definition) is 1. The number of aryl methyl sites for hydroxylation is 1. The number of nitrogens with zero attached hydrogens (tertiary/aromatic N) is 3. The molecular weight excluding hydrogens is 288 g/mol. The first-order valence-electron chi connectivity index (χ1n) is 8.29. The van der Waals surface area contributed by atoms with Crippen LogP contribution in [-0.4, -0.2) is 36.7 Å². The van der Waals surface area contributed by atoms with Crippen LogP contribution in [0.3, 0.4) is 0 Å². The summed E-state index contributed by atoms with van der Waals surface area (Å²) >= 11 is 0. The molecule has 1 saturated heterocycles. The minimum atomic E-state index is 0.905. The Kier molecular flexibility index (Phi) is 5.29. The number of ether oxygens (including phenoxy) is 1. The minimum Gasteiger partial charge on any atom is -0.497 e. The second kappa shape index (κ2) is 7.81. The van der Waals surface area contributed by atoms with Gasteiger partial charge >= 0.3 is 0 Å². The second-order valence-corrected chi connectivity index (χ2v) is 5.83. The molecule has 1 aliphatic heterocycles. The van der Waals surface area contributed by atoms with Crippen LogP contribution in [0.25, 0.3) is 0 Å². The highest BCUT2D eigenvalue weighted by atomic mass is 16.5. The Morgan fingerprint density at radius 3 is 2.65 bits per heavy atom. The van der Waals surface area contributed by atoms with Crippen molar-refractivity contribution >= 4 is 11.6 Å². The van der Waals surface area contributed by atoms with Gasteiger partial charge in [0.05, 0.1) is 7.11 Å². The summed E-state index contributed by atoms with van der Waals surface area (Å²) < 4.78 is 5.18. The normalized spacial score (nSPS) is 14.0. The summed E-state index contributed by atoms with van der Waals surface area (Å²) in [4.78, 5) is 11.0. The van der Waals surface area contributed by atoms with E-state index in [9.17, 15) is 0 Å². The van der Waals surface area contributed by atoms with Crippen LogP contribution in [0, 0.1) is 0 Å². The molecule has 1 fully saturated rings. The highest BCUT2D eigenvalue weighted by molar-refractivity contribution is 5.48. The molecule has 5 nitrogen and oxygen atoms in total. The first kappa shape index (κ1) is 15.6. The van der Waals surface area contributed by atoms with Crippen molar-refractivity contribution in [2.75, 3.05) is 37.0 Å². The maximum Gasteiger partial charge on any atom is 0.134 e. The predicted molar refractivity (Wildman–Crippen MR) is 93.3 cm³/mol. The average Bonchev–Trinajstić information content (AvgIpc) is 3.14. The zero-order chi connectivity index (χ0) is 15.9. The van der Waals surface area contributed by atoms with E-state index in [2.05, 4.69) is 38.4 Å². The largest absolute Gasteiger partial charge is 0.497 e. The van der Waals surface area contributed by atoms with Gasteiger partial charge in [-0.1, -0.05) is 12.1 Å². The van der Waals surface area contributed by atoms with E-state index >= 15 is 0 Å². The first-order chi connectivity index (χ1) is 11.3. The van der Waals surface area contributed by atoms with E-state index in [1.807, 2.05) is 12.1 Å². The van der Waals surface area contributed by atoms with Crippen LogP contribution in [0.1, 0.15) is 24.8 Å². The maximum absolute atomic E-state index is 5.18. The van der Waals surface area contributed by atoms with Gasteiger partial charge in [-0.3, -0.25) is 0 Å². The third kappa shape index (κ3) is 4.34. The molecule has 2 heterocycles. The zero-order valence-corrected chi connectivity index (χ0v) is 13.7. The van der Waals surface area contributed by atoms with Gasteiger partial charge in [-0.05, 0) is 43.4 Å². The molecule has 0 saturated carbocycles. The van der Waals surface area contributed by atoms with Crippen molar-refractivity contribution in [1.82, 2.24) is 9.97 Å². The molecule has 1 N–H and O–H groups in total. The van der Waals surface area contributed by atoms with Gasteiger partial charge in [-0.25, -0.2) is 9.97 Å². The number of benzene rings is 1. The fraction of sp³-hybridized carbons (Fsp3) is 0.444. The van der Waals surface area contributed by atoms with Crippen molar-refractivity contribution in [2.24, 2.45) is 0 Å². The quantitative estimate of drug-likeness (QED) is 0.796. The van der Waals surface area contributed by atoms with E-state index in [0.717, 1.165) is 49.9 Å². The van der Waals surface area contributed by atoms with Crippen molar-refractivity contribution in [1.29, 1.82) is 0 Å². The van der Waals surface area contributed by atoms with E-state index in [1.54, 1.807) is 13.4 Å². The van der Waals surface area contributed by atoms with E-state index in [-0.39, 0.29) is 0 Å². The molecule has 1 aliphatic rings. The molecule has 5 heteroatoms. The molecule has 0 amide bonds. The summed E-state index contributed by atoms with van der Waals surface area (Å²) in [6, 6.07) is 10.3. The SMILES string of the molecule is COc1ccc(CCCNc2cc(N3CCCC3)ncn2)cc1. The average molecular weight is 312 g/mol. The van der Waals surface area contributed by atoms with Crippen molar-refractivity contribution in [3.8, 4) is 5.75 Å². The number of rotatable bonds is 7. The lowest BCUT2D eigenvalue weighted by Crippen LogP contribution is -2.19. The van der Waals surface area contributed by atoms with Gasteiger partial charge in [0.2, 0.25) is 0 Å². The fourth-order valence-electron chi connectivity index (χ4n) is 2.86. The van der Waals surface area contributed by atoms with Gasteiger partial charge < -0.3 is 15.0 Å². The molecule has 0 spiro atoms. The molecular formula is C18H24N4O. The minimum absolute atomic E-state index is 0.905. The molecule has 23 heavy (non-hydrogen) atoms. The van der Waals surface area contributed by atoms with Gasteiger partial charge in [-0.15, -0.1) is 0 Å². The summed E-state index contributed by atoms with van der Waals surface area (Å²) in [5.74, 6) is 2.86. The smallest absolute Gasteiger partial charge is 0.134 e. The molecule has 0 atom stereocenters. The van der Waals surface area contributed by atoms with Gasteiger partial charge in [-0.2, -0.15) is 0 Å².